The van der Waals surface area contributed by atoms with Crippen molar-refractivity contribution in [2.24, 2.45) is 5.92 Å². The fraction of sp³-hybridized carbons (Fsp3) is 0.444. The Bertz CT molecular complexity index is 607. The molecular formula is C18H24Cl2N2. The number of hydrogen-bond donors (Lipinski definition) is 1. The summed E-state index contributed by atoms with van der Waals surface area (Å²) < 4.78 is 0. The van der Waals surface area contributed by atoms with E-state index in [0.717, 1.165) is 19.0 Å². The summed E-state index contributed by atoms with van der Waals surface area (Å²) in [5.41, 5.74) is 1.52. The van der Waals surface area contributed by atoms with E-state index in [4.69, 9.17) is 0 Å². The van der Waals surface area contributed by atoms with E-state index in [2.05, 4.69) is 52.7 Å². The zero-order chi connectivity index (χ0) is 13.4. The van der Waals surface area contributed by atoms with Gasteiger partial charge in [0, 0.05) is 32.2 Å². The van der Waals surface area contributed by atoms with Crippen LogP contribution < -0.4 is 5.32 Å². The highest BCUT2D eigenvalue weighted by Crippen LogP contribution is 2.45. The van der Waals surface area contributed by atoms with Crippen molar-refractivity contribution in [2.45, 2.75) is 18.9 Å². The molecule has 0 bridgehead atoms. The first-order valence-corrected chi connectivity index (χ1v) is 7.85. The lowest BCUT2D eigenvalue weighted by atomic mass is 9.97. The number of halogens is 2. The van der Waals surface area contributed by atoms with Crippen molar-refractivity contribution < 1.29 is 0 Å². The second-order valence-corrected chi connectivity index (χ2v) is 6.17. The molecule has 2 nitrogen and oxygen atoms in total. The summed E-state index contributed by atoms with van der Waals surface area (Å²) in [4.78, 5) is 2.69. The number of benzene rings is 2. The van der Waals surface area contributed by atoms with Crippen LogP contribution in [0.4, 0.5) is 0 Å². The molecule has 2 aromatic carbocycles. The highest BCUT2D eigenvalue weighted by Gasteiger charge is 2.36. The summed E-state index contributed by atoms with van der Waals surface area (Å²) in [5, 5.41) is 6.20. The Morgan fingerprint density at radius 2 is 1.59 bits per heavy atom. The Labute approximate surface area is 145 Å². The normalized spacial score (nSPS) is 20.0. The molecule has 2 fully saturated rings. The maximum Gasteiger partial charge on any atom is 0.0377 e. The van der Waals surface area contributed by atoms with Crippen molar-refractivity contribution in [1.29, 1.82) is 0 Å². The second kappa shape index (κ2) is 7.65. The van der Waals surface area contributed by atoms with Gasteiger partial charge in [0.15, 0.2) is 0 Å². The van der Waals surface area contributed by atoms with Crippen LogP contribution in [0.25, 0.3) is 10.8 Å². The molecule has 0 amide bonds. The zero-order valence-corrected chi connectivity index (χ0v) is 14.3. The quantitative estimate of drug-likeness (QED) is 0.908. The molecule has 1 aliphatic heterocycles. The monoisotopic (exact) mass is 338 g/mol. The Kier molecular flexibility index (Phi) is 6.10. The van der Waals surface area contributed by atoms with E-state index in [1.54, 1.807) is 0 Å². The van der Waals surface area contributed by atoms with E-state index >= 15 is 0 Å². The van der Waals surface area contributed by atoms with E-state index in [-0.39, 0.29) is 24.8 Å². The predicted octanol–water partition coefficient (Wildman–Crippen LogP) is 4.04. The molecule has 1 N–H and O–H groups in total. The maximum atomic E-state index is 3.47. The molecule has 2 aliphatic rings. The molecule has 4 rings (SSSR count). The van der Waals surface area contributed by atoms with E-state index in [0.29, 0.717) is 6.04 Å². The van der Waals surface area contributed by atoms with Gasteiger partial charge in [-0.1, -0.05) is 36.4 Å². The van der Waals surface area contributed by atoms with Gasteiger partial charge in [-0.25, -0.2) is 0 Å². The lowest BCUT2D eigenvalue weighted by Crippen LogP contribution is -2.45. The van der Waals surface area contributed by atoms with Gasteiger partial charge < -0.3 is 5.32 Å². The van der Waals surface area contributed by atoms with Crippen LogP contribution in [0.5, 0.6) is 0 Å². The highest BCUT2D eigenvalue weighted by atomic mass is 35.5. The third-order valence-corrected chi connectivity index (χ3v) is 4.73. The summed E-state index contributed by atoms with van der Waals surface area (Å²) in [7, 11) is 0. The smallest absolute Gasteiger partial charge is 0.0377 e. The van der Waals surface area contributed by atoms with Crippen molar-refractivity contribution in [1.82, 2.24) is 10.2 Å². The molecule has 0 radical (unpaired) electrons. The zero-order valence-electron chi connectivity index (χ0n) is 12.7. The molecule has 1 saturated heterocycles. The van der Waals surface area contributed by atoms with Crippen molar-refractivity contribution in [3.8, 4) is 0 Å². The number of piperazine rings is 1. The van der Waals surface area contributed by atoms with Crippen molar-refractivity contribution in [3.05, 3.63) is 48.0 Å². The van der Waals surface area contributed by atoms with E-state index in [1.165, 1.54) is 42.3 Å². The summed E-state index contributed by atoms with van der Waals surface area (Å²) >= 11 is 0. The molecule has 1 aliphatic carbocycles. The van der Waals surface area contributed by atoms with Gasteiger partial charge in [0.1, 0.15) is 0 Å². The molecule has 120 valence electrons. The van der Waals surface area contributed by atoms with Crippen LogP contribution in [0.2, 0.25) is 0 Å². The van der Waals surface area contributed by atoms with Gasteiger partial charge in [-0.15, -0.1) is 24.8 Å². The van der Waals surface area contributed by atoms with Crippen LogP contribution in [0, 0.1) is 5.92 Å². The highest BCUT2D eigenvalue weighted by molar-refractivity contribution is 5.85. The van der Waals surface area contributed by atoms with E-state index in [1.807, 2.05) is 0 Å². The minimum absolute atomic E-state index is 0. The van der Waals surface area contributed by atoms with Gasteiger partial charge >= 0.3 is 0 Å². The van der Waals surface area contributed by atoms with Crippen molar-refractivity contribution in [2.75, 3.05) is 26.2 Å². The SMILES string of the molecule is Cl.Cl.c1ccc2cc([C@@H](C3CC3)N3CCNCC3)ccc2c1. The van der Waals surface area contributed by atoms with Gasteiger partial charge in [-0.2, -0.15) is 0 Å². The van der Waals surface area contributed by atoms with Crippen LogP contribution in [0.15, 0.2) is 42.5 Å². The molecule has 1 atom stereocenters. The largest absolute Gasteiger partial charge is 0.314 e. The molecule has 0 spiro atoms. The lowest BCUT2D eigenvalue weighted by Gasteiger charge is -2.35. The van der Waals surface area contributed by atoms with Crippen LogP contribution in [-0.2, 0) is 0 Å². The second-order valence-electron chi connectivity index (χ2n) is 6.17. The fourth-order valence-corrected chi connectivity index (χ4v) is 3.55. The summed E-state index contributed by atoms with van der Waals surface area (Å²) in [6.07, 6.45) is 2.81. The first-order chi connectivity index (χ1) is 9.92. The van der Waals surface area contributed by atoms with Gasteiger partial charge in [-0.05, 0) is 41.2 Å². The van der Waals surface area contributed by atoms with E-state index in [9.17, 15) is 0 Å². The molecule has 1 saturated carbocycles. The van der Waals surface area contributed by atoms with Crippen LogP contribution in [0.1, 0.15) is 24.4 Å². The first kappa shape index (κ1) is 17.6. The summed E-state index contributed by atoms with van der Waals surface area (Å²) in [5.74, 6) is 0.884. The van der Waals surface area contributed by atoms with Crippen LogP contribution in [-0.4, -0.2) is 31.1 Å². The fourth-order valence-electron chi connectivity index (χ4n) is 3.55. The minimum Gasteiger partial charge on any atom is -0.314 e. The third kappa shape index (κ3) is 3.57. The average Bonchev–Trinajstić information content (AvgIpc) is 3.33. The molecular weight excluding hydrogens is 315 g/mol. The number of fused-ring (bicyclic) bond motifs is 1. The number of nitrogens with zero attached hydrogens (tertiary/aromatic N) is 1. The lowest BCUT2D eigenvalue weighted by molar-refractivity contribution is 0.156. The van der Waals surface area contributed by atoms with Gasteiger partial charge in [0.2, 0.25) is 0 Å². The summed E-state index contributed by atoms with van der Waals surface area (Å²) in [6.45, 7) is 4.65. The van der Waals surface area contributed by atoms with Crippen LogP contribution >= 0.6 is 24.8 Å². The van der Waals surface area contributed by atoms with Crippen molar-refractivity contribution in [3.63, 3.8) is 0 Å². The molecule has 4 heteroatoms. The van der Waals surface area contributed by atoms with Crippen LogP contribution in [0.3, 0.4) is 0 Å². The van der Waals surface area contributed by atoms with Gasteiger partial charge in [0.05, 0.1) is 0 Å². The van der Waals surface area contributed by atoms with Crippen molar-refractivity contribution >= 4 is 35.6 Å². The molecule has 0 unspecified atom stereocenters. The third-order valence-electron chi connectivity index (χ3n) is 4.73. The predicted molar refractivity (Wildman–Crippen MR) is 98.4 cm³/mol. The maximum absolute atomic E-state index is 3.47. The summed E-state index contributed by atoms with van der Waals surface area (Å²) in [6, 6.07) is 16.4. The molecule has 2 aromatic rings. The Balaban J connectivity index is 0.000000882. The molecule has 1 heterocycles. The van der Waals surface area contributed by atoms with E-state index < -0.39 is 0 Å². The standard InChI is InChI=1S/C18H22N2.2ClH/c1-2-4-16-13-17(8-5-14(16)3-1)18(15-6-7-15)20-11-9-19-10-12-20;;/h1-5,8,13,15,18-19H,6-7,9-12H2;2*1H/t18-;;/m1../s1. The Morgan fingerprint density at radius 1 is 0.909 bits per heavy atom. The Morgan fingerprint density at radius 3 is 2.27 bits per heavy atom. The number of nitrogens with one attached hydrogen (secondary N) is 1. The first-order valence-electron chi connectivity index (χ1n) is 7.85. The van der Waals surface area contributed by atoms with Gasteiger partial charge in [0.25, 0.3) is 0 Å². The topological polar surface area (TPSA) is 15.3 Å². The average molecular weight is 339 g/mol. The van der Waals surface area contributed by atoms with Gasteiger partial charge in [-0.3, -0.25) is 4.90 Å². The Hall–Kier alpha value is -0.800. The minimum atomic E-state index is 0. The molecule has 22 heavy (non-hydrogen) atoms. The number of hydrogen-bond acceptors (Lipinski definition) is 2. The molecule has 0 aromatic heterocycles. The number of rotatable bonds is 3.